The number of anilines is 1. The van der Waals surface area contributed by atoms with E-state index < -0.39 is 11.3 Å². The molecule has 0 atom stereocenters. The van der Waals surface area contributed by atoms with Crippen LogP contribution in [0, 0.1) is 6.92 Å². The Labute approximate surface area is 247 Å². The van der Waals surface area contributed by atoms with Gasteiger partial charge in [0.25, 0.3) is 0 Å². The van der Waals surface area contributed by atoms with E-state index in [4.69, 9.17) is 15.6 Å². The van der Waals surface area contributed by atoms with Gasteiger partial charge in [0, 0.05) is 70.3 Å². The Morgan fingerprint density at radius 1 is 1.05 bits per heavy atom. The minimum Gasteiger partial charge on any atom is -0.444 e. The Bertz CT molecular complexity index is 1410. The molecule has 5 heterocycles. The van der Waals surface area contributed by atoms with Gasteiger partial charge in [-0.15, -0.1) is 0 Å². The second kappa shape index (κ2) is 11.1. The molecule has 2 aromatic heterocycles. The first-order chi connectivity index (χ1) is 20.0. The topological polar surface area (TPSA) is 106 Å². The Hall–Kier alpha value is -3.31. The summed E-state index contributed by atoms with van der Waals surface area (Å²) in [6.45, 7) is 12.6. The van der Waals surface area contributed by atoms with Gasteiger partial charge in [-0.1, -0.05) is 29.8 Å². The van der Waals surface area contributed by atoms with Crippen LogP contribution in [0.3, 0.4) is 0 Å². The number of nitrogens with zero attached hydrogens (tertiary/aromatic N) is 7. The fourth-order valence-corrected chi connectivity index (χ4v) is 6.54. The van der Waals surface area contributed by atoms with Crippen molar-refractivity contribution in [2.24, 2.45) is 0 Å². The highest BCUT2D eigenvalue weighted by Crippen LogP contribution is 2.36. The quantitative estimate of drug-likeness (QED) is 0.474. The summed E-state index contributed by atoms with van der Waals surface area (Å²) in [4.78, 5) is 27.6. The molecule has 3 aliphatic heterocycles. The third-order valence-electron chi connectivity index (χ3n) is 8.96. The van der Waals surface area contributed by atoms with Gasteiger partial charge in [0.2, 0.25) is 0 Å². The molecule has 2 N–H and O–H groups in total. The Morgan fingerprint density at radius 3 is 2.36 bits per heavy atom. The smallest absolute Gasteiger partial charge is 0.410 e. The van der Waals surface area contributed by atoms with Crippen molar-refractivity contribution in [3.05, 3.63) is 36.2 Å². The number of aromatic nitrogens is 4. The van der Waals surface area contributed by atoms with Crippen molar-refractivity contribution in [2.45, 2.75) is 76.7 Å². The van der Waals surface area contributed by atoms with Crippen molar-refractivity contribution in [1.29, 1.82) is 0 Å². The van der Waals surface area contributed by atoms with E-state index in [9.17, 15) is 4.79 Å². The zero-order chi connectivity index (χ0) is 29.6. The van der Waals surface area contributed by atoms with Gasteiger partial charge in [0.05, 0.1) is 11.4 Å². The molecule has 0 spiro atoms. The molecule has 3 fully saturated rings. The number of nitrogens with two attached hydrogens (primary N) is 1. The fourth-order valence-electron chi connectivity index (χ4n) is 6.54. The summed E-state index contributed by atoms with van der Waals surface area (Å²) >= 11 is 0. The van der Waals surface area contributed by atoms with Crippen LogP contribution in [-0.4, -0.2) is 104 Å². The van der Waals surface area contributed by atoms with Crippen LogP contribution >= 0.6 is 0 Å². The van der Waals surface area contributed by atoms with Crippen LogP contribution in [0.4, 0.5) is 15.0 Å². The largest absolute Gasteiger partial charge is 0.444 e. The average Bonchev–Trinajstić information content (AvgIpc) is 3.31. The van der Waals surface area contributed by atoms with E-state index in [2.05, 4.69) is 55.6 Å². The lowest BCUT2D eigenvalue weighted by Crippen LogP contribution is -2.63. The molecule has 0 radical (unpaired) electrons. The minimum absolute atomic E-state index is 0.234. The minimum atomic E-state index is -1.25. The Kier molecular flexibility index (Phi) is 7.59. The third-order valence-corrected chi connectivity index (χ3v) is 8.96. The van der Waals surface area contributed by atoms with Crippen LogP contribution in [0.2, 0.25) is 0 Å². The molecule has 1 aromatic carbocycles. The van der Waals surface area contributed by atoms with Gasteiger partial charge < -0.3 is 15.4 Å². The predicted octanol–water partition coefficient (Wildman–Crippen LogP) is 4.44. The number of ether oxygens (including phenoxy) is 1. The van der Waals surface area contributed by atoms with Crippen molar-refractivity contribution in [1.82, 2.24) is 34.4 Å². The number of alkyl halides is 1. The molecule has 0 saturated carbocycles. The van der Waals surface area contributed by atoms with Crippen LogP contribution in [-0.2, 0) is 4.74 Å². The highest BCUT2D eigenvalue weighted by molar-refractivity contribution is 5.98. The van der Waals surface area contributed by atoms with Gasteiger partial charge >= 0.3 is 6.09 Å². The molecule has 0 unspecified atom stereocenters. The normalized spacial score (nSPS) is 21.0. The van der Waals surface area contributed by atoms with Crippen LogP contribution in [0.1, 0.15) is 58.1 Å². The van der Waals surface area contributed by atoms with Gasteiger partial charge in [-0.05, 0) is 40.5 Å². The number of aryl methyl sites for hydroxylation is 1. The molecule has 226 valence electrons. The van der Waals surface area contributed by atoms with Gasteiger partial charge in [-0.25, -0.2) is 23.8 Å². The van der Waals surface area contributed by atoms with E-state index in [0.29, 0.717) is 44.3 Å². The number of fused-ring (bicyclic) bond motifs is 1. The number of amides is 1. The molecular formula is C31H43FN8O2. The summed E-state index contributed by atoms with van der Waals surface area (Å²) in [5.74, 6) is 0.454. The number of hydrogen-bond donors (Lipinski definition) is 1. The zero-order valence-electron chi connectivity index (χ0n) is 25.2. The van der Waals surface area contributed by atoms with Crippen LogP contribution in [0.25, 0.3) is 22.3 Å². The maximum atomic E-state index is 15.7. The van der Waals surface area contributed by atoms with E-state index in [-0.39, 0.29) is 12.1 Å². The van der Waals surface area contributed by atoms with Crippen LogP contribution in [0.15, 0.2) is 30.6 Å². The maximum Gasteiger partial charge on any atom is 0.410 e. The lowest BCUT2D eigenvalue weighted by molar-refractivity contribution is -0.0403. The SMILES string of the molecule is Cc1ccc(-c2nn(C3CCN(C4CN(CC5(F)CCN(C(=O)OC(C)(C)C)CC5)C4)CC3)c3ncnc(N)c23)cc1. The van der Waals surface area contributed by atoms with Crippen LogP contribution < -0.4 is 5.73 Å². The number of rotatable bonds is 5. The first kappa shape index (κ1) is 28.8. The summed E-state index contributed by atoms with van der Waals surface area (Å²) < 4.78 is 23.2. The monoisotopic (exact) mass is 578 g/mol. The van der Waals surface area contributed by atoms with Gasteiger partial charge in [0.15, 0.2) is 5.65 Å². The average molecular weight is 579 g/mol. The van der Waals surface area contributed by atoms with E-state index in [0.717, 1.165) is 61.3 Å². The number of benzene rings is 1. The van der Waals surface area contributed by atoms with E-state index >= 15 is 4.39 Å². The number of hydrogen-bond acceptors (Lipinski definition) is 8. The summed E-state index contributed by atoms with van der Waals surface area (Å²) in [6, 6.07) is 9.00. The van der Waals surface area contributed by atoms with Crippen molar-refractivity contribution in [3.63, 3.8) is 0 Å². The number of halogens is 1. The number of piperidine rings is 2. The number of likely N-dealkylation sites (tertiary alicyclic amines) is 3. The highest BCUT2D eigenvalue weighted by atomic mass is 19.1. The van der Waals surface area contributed by atoms with Gasteiger partial charge in [-0.2, -0.15) is 5.10 Å². The molecule has 42 heavy (non-hydrogen) atoms. The van der Waals surface area contributed by atoms with Crippen molar-refractivity contribution >= 4 is 22.9 Å². The summed E-state index contributed by atoms with van der Waals surface area (Å²) in [5.41, 5.74) is 8.35. The Morgan fingerprint density at radius 2 is 1.71 bits per heavy atom. The molecule has 3 aromatic rings. The van der Waals surface area contributed by atoms with Gasteiger partial charge in [0.1, 0.15) is 29.1 Å². The molecule has 3 saturated heterocycles. The second-order valence-electron chi connectivity index (χ2n) is 13.4. The fraction of sp³-hybridized carbons (Fsp3) is 0.613. The lowest BCUT2D eigenvalue weighted by Gasteiger charge is -2.50. The molecule has 3 aliphatic rings. The number of nitrogen functional groups attached to an aromatic ring is 1. The molecule has 0 aliphatic carbocycles. The number of carbonyl (C=O) groups is 1. The highest BCUT2D eigenvalue weighted by Gasteiger charge is 2.43. The maximum absolute atomic E-state index is 15.7. The zero-order valence-corrected chi connectivity index (χ0v) is 25.2. The summed E-state index contributed by atoms with van der Waals surface area (Å²) in [6.07, 6.45) is 3.83. The van der Waals surface area contributed by atoms with Crippen LogP contribution in [0.5, 0.6) is 0 Å². The van der Waals surface area contributed by atoms with Crippen molar-refractivity contribution < 1.29 is 13.9 Å². The Balaban J connectivity index is 1.02. The van der Waals surface area contributed by atoms with Crippen molar-refractivity contribution in [3.8, 4) is 11.3 Å². The van der Waals surface area contributed by atoms with E-state index in [1.165, 1.54) is 11.9 Å². The standard InChI is InChI=1S/C31H43FN8O2/c1-21-5-7-22(8-6-21)26-25-27(33)34-20-35-28(25)40(36-26)23-9-13-38(14-10-23)24-17-37(18-24)19-31(32)11-15-39(16-12-31)29(41)42-30(2,3)4/h5-8,20,23-24H,9-19H2,1-4H3,(H2,33,34,35). The second-order valence-corrected chi connectivity index (χ2v) is 13.4. The van der Waals surface area contributed by atoms with E-state index in [1.54, 1.807) is 4.90 Å². The predicted molar refractivity (Wildman–Crippen MR) is 161 cm³/mol. The first-order valence-electron chi connectivity index (χ1n) is 15.2. The summed E-state index contributed by atoms with van der Waals surface area (Å²) in [5, 5.41) is 5.84. The van der Waals surface area contributed by atoms with Gasteiger partial charge in [-0.3, -0.25) is 9.80 Å². The van der Waals surface area contributed by atoms with Crippen molar-refractivity contribution in [2.75, 3.05) is 51.5 Å². The molecule has 6 rings (SSSR count). The lowest BCUT2D eigenvalue weighted by atomic mass is 9.90. The molecule has 11 heteroatoms. The molecule has 1 amide bonds. The summed E-state index contributed by atoms with van der Waals surface area (Å²) in [7, 11) is 0. The molecule has 0 bridgehead atoms. The van der Waals surface area contributed by atoms with E-state index in [1.807, 2.05) is 20.8 Å². The number of carbonyl (C=O) groups excluding carboxylic acids is 1. The first-order valence-corrected chi connectivity index (χ1v) is 15.2. The molecule has 10 nitrogen and oxygen atoms in total. The third kappa shape index (κ3) is 5.94. The molecular weight excluding hydrogens is 535 g/mol.